The molecule has 0 heterocycles. The summed E-state index contributed by atoms with van der Waals surface area (Å²) in [6.07, 6.45) is 2.16. The summed E-state index contributed by atoms with van der Waals surface area (Å²) in [6.45, 7) is 10.4. The van der Waals surface area contributed by atoms with Gasteiger partial charge in [0.25, 0.3) is 0 Å². The van der Waals surface area contributed by atoms with Crippen LogP contribution in [0.5, 0.6) is 0 Å². The molecule has 0 saturated heterocycles. The Kier molecular flexibility index (Phi) is 9.16. The Morgan fingerprint density at radius 3 is 2.65 bits per heavy atom. The second-order valence-corrected chi connectivity index (χ2v) is 6.62. The maximum Gasteiger partial charge on any atom is 0.0472 e. The number of hydrogen-bond acceptors (Lipinski definition) is 2. The topological polar surface area (TPSA) is 21.3 Å². The molecule has 0 aromatic heterocycles. The lowest BCUT2D eigenvalue weighted by Crippen LogP contribution is -2.26. The Morgan fingerprint density at radius 2 is 2.00 bits per heavy atom. The Balaban J connectivity index is 2.53. The Morgan fingerprint density at radius 1 is 1.20 bits per heavy atom. The van der Waals surface area contributed by atoms with Gasteiger partial charge in [-0.05, 0) is 48.9 Å². The SMILES string of the molecule is CCCOCCC(CNCC(C)C)c1cccc(Br)c1. The second-order valence-electron chi connectivity index (χ2n) is 5.71. The first-order valence-corrected chi connectivity index (χ1v) is 8.46. The summed E-state index contributed by atoms with van der Waals surface area (Å²) >= 11 is 3.56. The first-order chi connectivity index (χ1) is 9.63. The van der Waals surface area contributed by atoms with Crippen molar-refractivity contribution in [3.05, 3.63) is 34.3 Å². The number of ether oxygens (including phenoxy) is 1. The van der Waals surface area contributed by atoms with Gasteiger partial charge >= 0.3 is 0 Å². The molecule has 1 aromatic carbocycles. The Bertz CT molecular complexity index is 368. The third-order valence-corrected chi connectivity index (χ3v) is 3.72. The van der Waals surface area contributed by atoms with Crippen molar-refractivity contribution in [2.75, 3.05) is 26.3 Å². The molecular formula is C17H28BrNO. The minimum atomic E-state index is 0.517. The molecule has 1 aromatic rings. The fraction of sp³-hybridized carbons (Fsp3) is 0.647. The minimum absolute atomic E-state index is 0.517. The molecular weight excluding hydrogens is 314 g/mol. The van der Waals surface area contributed by atoms with Crippen molar-refractivity contribution in [2.45, 2.75) is 39.5 Å². The average Bonchev–Trinajstić information content (AvgIpc) is 2.41. The zero-order chi connectivity index (χ0) is 14.8. The molecule has 1 atom stereocenters. The number of rotatable bonds is 10. The molecule has 2 nitrogen and oxygen atoms in total. The summed E-state index contributed by atoms with van der Waals surface area (Å²) in [4.78, 5) is 0. The molecule has 0 radical (unpaired) electrons. The first-order valence-electron chi connectivity index (χ1n) is 7.67. The predicted molar refractivity (Wildman–Crippen MR) is 90.3 cm³/mol. The van der Waals surface area contributed by atoms with E-state index >= 15 is 0 Å². The van der Waals surface area contributed by atoms with Crippen LogP contribution in [-0.4, -0.2) is 26.3 Å². The van der Waals surface area contributed by atoms with Gasteiger partial charge in [-0.3, -0.25) is 0 Å². The molecule has 114 valence electrons. The van der Waals surface area contributed by atoms with Gasteiger partial charge in [0.2, 0.25) is 0 Å². The third-order valence-electron chi connectivity index (χ3n) is 3.22. The highest BCUT2D eigenvalue weighted by Gasteiger charge is 2.12. The van der Waals surface area contributed by atoms with Crippen LogP contribution in [0, 0.1) is 5.92 Å². The number of hydrogen-bond donors (Lipinski definition) is 1. The molecule has 1 unspecified atom stereocenters. The predicted octanol–water partition coefficient (Wildman–Crippen LogP) is 4.60. The molecule has 0 aliphatic heterocycles. The number of halogens is 1. The molecule has 1 rings (SSSR count). The molecule has 0 aliphatic rings. The van der Waals surface area contributed by atoms with E-state index in [1.807, 2.05) is 0 Å². The van der Waals surface area contributed by atoms with E-state index in [0.29, 0.717) is 11.8 Å². The lowest BCUT2D eigenvalue weighted by Gasteiger charge is -2.19. The van der Waals surface area contributed by atoms with Crippen LogP contribution >= 0.6 is 15.9 Å². The highest BCUT2D eigenvalue weighted by Crippen LogP contribution is 2.22. The van der Waals surface area contributed by atoms with Crippen molar-refractivity contribution in [3.8, 4) is 0 Å². The quantitative estimate of drug-likeness (QED) is 0.628. The Hall–Kier alpha value is -0.380. The van der Waals surface area contributed by atoms with E-state index < -0.39 is 0 Å². The maximum atomic E-state index is 5.65. The number of nitrogens with one attached hydrogen (secondary N) is 1. The summed E-state index contributed by atoms with van der Waals surface area (Å²) in [5.41, 5.74) is 1.38. The smallest absolute Gasteiger partial charge is 0.0472 e. The molecule has 0 spiro atoms. The lowest BCUT2D eigenvalue weighted by molar-refractivity contribution is 0.127. The van der Waals surface area contributed by atoms with E-state index in [2.05, 4.69) is 66.3 Å². The fourth-order valence-electron chi connectivity index (χ4n) is 2.17. The van der Waals surface area contributed by atoms with Crippen LogP contribution in [0.3, 0.4) is 0 Å². The van der Waals surface area contributed by atoms with Crippen LogP contribution in [0.1, 0.15) is 45.1 Å². The minimum Gasteiger partial charge on any atom is -0.381 e. The lowest BCUT2D eigenvalue weighted by atomic mass is 9.96. The van der Waals surface area contributed by atoms with E-state index in [-0.39, 0.29) is 0 Å². The maximum absolute atomic E-state index is 5.65. The van der Waals surface area contributed by atoms with Crippen molar-refractivity contribution in [1.82, 2.24) is 5.32 Å². The normalized spacial score (nSPS) is 12.8. The van der Waals surface area contributed by atoms with Gasteiger partial charge in [0.05, 0.1) is 0 Å². The van der Waals surface area contributed by atoms with Gasteiger partial charge in [0.1, 0.15) is 0 Å². The molecule has 0 amide bonds. The summed E-state index contributed by atoms with van der Waals surface area (Å²) in [5.74, 6) is 1.21. The van der Waals surface area contributed by atoms with Crippen LogP contribution in [0.2, 0.25) is 0 Å². The molecule has 20 heavy (non-hydrogen) atoms. The van der Waals surface area contributed by atoms with Crippen molar-refractivity contribution in [1.29, 1.82) is 0 Å². The highest BCUT2D eigenvalue weighted by molar-refractivity contribution is 9.10. The highest BCUT2D eigenvalue weighted by atomic mass is 79.9. The van der Waals surface area contributed by atoms with E-state index in [1.165, 1.54) is 5.56 Å². The average molecular weight is 342 g/mol. The van der Waals surface area contributed by atoms with E-state index in [4.69, 9.17) is 4.74 Å². The second kappa shape index (κ2) is 10.4. The van der Waals surface area contributed by atoms with E-state index in [0.717, 1.165) is 43.6 Å². The largest absolute Gasteiger partial charge is 0.381 e. The molecule has 0 saturated carbocycles. The van der Waals surface area contributed by atoms with Crippen LogP contribution in [-0.2, 0) is 4.74 Å². The summed E-state index contributed by atoms with van der Waals surface area (Å²) in [6, 6.07) is 8.63. The monoisotopic (exact) mass is 341 g/mol. The van der Waals surface area contributed by atoms with Crippen molar-refractivity contribution in [2.24, 2.45) is 5.92 Å². The standard InChI is InChI=1S/C17H28BrNO/c1-4-9-20-10-8-16(13-19-12-14(2)3)15-6-5-7-17(18)11-15/h5-7,11,14,16,19H,4,8-10,12-13H2,1-3H3. The van der Waals surface area contributed by atoms with Crippen LogP contribution in [0.25, 0.3) is 0 Å². The molecule has 1 N–H and O–H groups in total. The van der Waals surface area contributed by atoms with Crippen LogP contribution in [0.15, 0.2) is 28.7 Å². The molecule has 0 aliphatic carbocycles. The first kappa shape index (κ1) is 17.7. The Labute approximate surface area is 132 Å². The molecule has 3 heteroatoms. The van der Waals surface area contributed by atoms with Gasteiger partial charge in [-0.25, -0.2) is 0 Å². The zero-order valence-electron chi connectivity index (χ0n) is 13.0. The van der Waals surface area contributed by atoms with Crippen molar-refractivity contribution in [3.63, 3.8) is 0 Å². The molecule has 0 bridgehead atoms. The summed E-state index contributed by atoms with van der Waals surface area (Å²) in [5, 5.41) is 3.57. The van der Waals surface area contributed by atoms with Crippen LogP contribution < -0.4 is 5.32 Å². The fourth-order valence-corrected chi connectivity index (χ4v) is 2.58. The third kappa shape index (κ3) is 7.41. The van der Waals surface area contributed by atoms with Crippen LogP contribution in [0.4, 0.5) is 0 Å². The summed E-state index contributed by atoms with van der Waals surface area (Å²) < 4.78 is 6.80. The van der Waals surface area contributed by atoms with Crippen molar-refractivity contribution < 1.29 is 4.74 Å². The van der Waals surface area contributed by atoms with E-state index in [1.54, 1.807) is 0 Å². The van der Waals surface area contributed by atoms with Crippen molar-refractivity contribution >= 4 is 15.9 Å². The molecule has 0 fully saturated rings. The van der Waals surface area contributed by atoms with Gasteiger partial charge < -0.3 is 10.1 Å². The van der Waals surface area contributed by atoms with Gasteiger partial charge in [-0.1, -0.05) is 48.8 Å². The van der Waals surface area contributed by atoms with Gasteiger partial charge in [-0.2, -0.15) is 0 Å². The number of benzene rings is 1. The van der Waals surface area contributed by atoms with E-state index in [9.17, 15) is 0 Å². The van der Waals surface area contributed by atoms with Gasteiger partial charge in [0, 0.05) is 24.2 Å². The van der Waals surface area contributed by atoms with Gasteiger partial charge in [-0.15, -0.1) is 0 Å². The van der Waals surface area contributed by atoms with Gasteiger partial charge in [0.15, 0.2) is 0 Å². The summed E-state index contributed by atoms with van der Waals surface area (Å²) in [7, 11) is 0. The zero-order valence-corrected chi connectivity index (χ0v) is 14.6.